The smallest absolute Gasteiger partial charge is 0.243 e. The molecule has 0 N–H and O–H groups in total. The van der Waals surface area contributed by atoms with Crippen LogP contribution in [0.5, 0.6) is 5.75 Å². The van der Waals surface area contributed by atoms with Crippen LogP contribution in [-0.2, 0) is 23.1 Å². The Hall–Kier alpha value is -2.58. The summed E-state index contributed by atoms with van der Waals surface area (Å²) in [4.78, 5) is 0.177. The molecule has 138 valence electrons. The molecule has 0 fully saturated rings. The first-order chi connectivity index (χ1) is 12.4. The zero-order valence-electron chi connectivity index (χ0n) is 14.8. The summed E-state index contributed by atoms with van der Waals surface area (Å²) < 4.78 is 43.4. The number of benzene rings is 1. The van der Waals surface area contributed by atoms with E-state index in [1.807, 2.05) is 0 Å². The van der Waals surface area contributed by atoms with Crippen LogP contribution in [0.3, 0.4) is 0 Å². The first kappa shape index (κ1) is 18.2. The lowest BCUT2D eigenvalue weighted by atomic mass is 10.2. The summed E-state index contributed by atoms with van der Waals surface area (Å²) in [6, 6.07) is 9.75. The molecule has 0 aliphatic carbocycles. The number of aryl methyl sites for hydroxylation is 2. The van der Waals surface area contributed by atoms with Crippen molar-refractivity contribution >= 4 is 10.0 Å². The number of aromatic nitrogens is 1. The van der Waals surface area contributed by atoms with Gasteiger partial charge in [-0.1, -0.05) is 5.16 Å². The van der Waals surface area contributed by atoms with Gasteiger partial charge in [-0.2, -0.15) is 4.31 Å². The van der Waals surface area contributed by atoms with E-state index in [9.17, 15) is 8.42 Å². The van der Waals surface area contributed by atoms with Crippen molar-refractivity contribution in [2.24, 2.45) is 0 Å². The Morgan fingerprint density at radius 2 is 1.85 bits per heavy atom. The predicted octanol–water partition coefficient (Wildman–Crippen LogP) is 3.28. The Labute approximate surface area is 152 Å². The van der Waals surface area contributed by atoms with E-state index in [1.165, 1.54) is 29.8 Å². The minimum atomic E-state index is -3.76. The number of rotatable bonds is 7. The molecule has 0 radical (unpaired) electrons. The number of ether oxygens (including phenoxy) is 1. The molecule has 0 saturated carbocycles. The largest absolute Gasteiger partial charge is 0.497 e. The maximum atomic E-state index is 13.2. The van der Waals surface area contributed by atoms with E-state index < -0.39 is 10.0 Å². The molecule has 2 heterocycles. The number of hydrogen-bond acceptors (Lipinski definition) is 6. The second kappa shape index (κ2) is 7.35. The Morgan fingerprint density at radius 3 is 2.38 bits per heavy atom. The number of sulfonamides is 1. The fourth-order valence-corrected chi connectivity index (χ4v) is 3.98. The molecule has 7 nitrogen and oxygen atoms in total. The van der Waals surface area contributed by atoms with Gasteiger partial charge in [0.25, 0.3) is 0 Å². The number of furan rings is 1. The van der Waals surface area contributed by atoms with Crippen LogP contribution in [0.4, 0.5) is 0 Å². The molecule has 0 saturated heterocycles. The Bertz CT molecular complexity index is 940. The van der Waals surface area contributed by atoms with Crippen molar-refractivity contribution < 1.29 is 22.1 Å². The van der Waals surface area contributed by atoms with E-state index in [-0.39, 0.29) is 18.0 Å². The molecule has 0 bridgehead atoms. The molecular weight excluding hydrogens is 356 g/mol. The van der Waals surface area contributed by atoms with Gasteiger partial charge in [-0.25, -0.2) is 8.42 Å². The van der Waals surface area contributed by atoms with Gasteiger partial charge < -0.3 is 13.7 Å². The first-order valence-corrected chi connectivity index (χ1v) is 9.44. The summed E-state index contributed by atoms with van der Waals surface area (Å²) in [6.07, 6.45) is 1.52. The normalized spacial score (nSPS) is 11.8. The minimum Gasteiger partial charge on any atom is -0.497 e. The summed E-state index contributed by atoms with van der Waals surface area (Å²) in [7, 11) is -2.23. The summed E-state index contributed by atoms with van der Waals surface area (Å²) in [5, 5.41) is 3.91. The lowest BCUT2D eigenvalue weighted by Crippen LogP contribution is -2.30. The van der Waals surface area contributed by atoms with E-state index in [0.717, 1.165) is 5.56 Å². The van der Waals surface area contributed by atoms with Crippen molar-refractivity contribution in [1.29, 1.82) is 0 Å². The van der Waals surface area contributed by atoms with Crippen LogP contribution in [0.25, 0.3) is 0 Å². The lowest BCUT2D eigenvalue weighted by molar-refractivity contribution is 0.353. The monoisotopic (exact) mass is 376 g/mol. The summed E-state index contributed by atoms with van der Waals surface area (Å²) >= 11 is 0. The summed E-state index contributed by atoms with van der Waals surface area (Å²) in [6.45, 7) is 3.79. The summed E-state index contributed by atoms with van der Waals surface area (Å²) in [5.41, 5.74) is 1.41. The van der Waals surface area contributed by atoms with Gasteiger partial charge in [0.05, 0.1) is 30.5 Å². The number of nitrogens with zero attached hydrogens (tertiary/aromatic N) is 2. The van der Waals surface area contributed by atoms with Crippen LogP contribution in [0, 0.1) is 13.8 Å². The third kappa shape index (κ3) is 3.66. The van der Waals surface area contributed by atoms with E-state index in [0.29, 0.717) is 23.0 Å². The topological polar surface area (TPSA) is 85.8 Å². The van der Waals surface area contributed by atoms with Crippen LogP contribution in [-0.4, -0.2) is 25.0 Å². The Kier molecular flexibility index (Phi) is 5.15. The highest BCUT2D eigenvalue weighted by Crippen LogP contribution is 2.25. The third-order valence-electron chi connectivity index (χ3n) is 4.13. The Balaban J connectivity index is 1.97. The van der Waals surface area contributed by atoms with Crippen molar-refractivity contribution in [3.05, 3.63) is 65.4 Å². The molecule has 0 spiro atoms. The zero-order chi connectivity index (χ0) is 18.7. The molecule has 1 aromatic carbocycles. The van der Waals surface area contributed by atoms with Gasteiger partial charge in [0, 0.05) is 12.1 Å². The van der Waals surface area contributed by atoms with Crippen molar-refractivity contribution in [3.63, 3.8) is 0 Å². The molecule has 8 heteroatoms. The first-order valence-electron chi connectivity index (χ1n) is 8.00. The van der Waals surface area contributed by atoms with Crippen molar-refractivity contribution in [2.75, 3.05) is 7.11 Å². The van der Waals surface area contributed by atoms with Crippen LogP contribution in [0.1, 0.15) is 22.8 Å². The molecule has 0 unspecified atom stereocenters. The quantitative estimate of drug-likeness (QED) is 0.629. The van der Waals surface area contributed by atoms with Gasteiger partial charge >= 0.3 is 0 Å². The molecule has 3 aromatic rings. The molecule has 26 heavy (non-hydrogen) atoms. The third-order valence-corrected chi connectivity index (χ3v) is 5.93. The minimum absolute atomic E-state index is 0.103. The van der Waals surface area contributed by atoms with Crippen LogP contribution in [0.15, 0.2) is 56.5 Å². The maximum absolute atomic E-state index is 13.2. The highest BCUT2D eigenvalue weighted by Gasteiger charge is 2.28. The molecular formula is C18H20N2O5S. The molecule has 0 amide bonds. The number of hydrogen-bond donors (Lipinski definition) is 0. The molecule has 3 rings (SSSR count). The second-order valence-corrected chi connectivity index (χ2v) is 7.77. The average Bonchev–Trinajstić information content (AvgIpc) is 3.26. The predicted molar refractivity (Wildman–Crippen MR) is 94.1 cm³/mol. The highest BCUT2D eigenvalue weighted by atomic mass is 32.2. The zero-order valence-corrected chi connectivity index (χ0v) is 15.6. The van der Waals surface area contributed by atoms with E-state index in [1.54, 1.807) is 38.1 Å². The molecule has 0 aliphatic heterocycles. The van der Waals surface area contributed by atoms with Gasteiger partial charge in [0.2, 0.25) is 10.0 Å². The second-order valence-electron chi connectivity index (χ2n) is 5.83. The lowest BCUT2D eigenvalue weighted by Gasteiger charge is -2.21. The molecule has 2 aromatic heterocycles. The van der Waals surface area contributed by atoms with E-state index in [2.05, 4.69) is 5.16 Å². The number of methoxy groups -OCH3 is 1. The van der Waals surface area contributed by atoms with Crippen molar-refractivity contribution in [3.8, 4) is 5.75 Å². The van der Waals surface area contributed by atoms with Crippen LogP contribution in [0.2, 0.25) is 0 Å². The van der Waals surface area contributed by atoms with Gasteiger partial charge in [-0.05, 0) is 50.2 Å². The van der Waals surface area contributed by atoms with Crippen molar-refractivity contribution in [2.45, 2.75) is 31.8 Å². The van der Waals surface area contributed by atoms with Gasteiger partial charge in [-0.3, -0.25) is 0 Å². The maximum Gasteiger partial charge on any atom is 0.243 e. The fourth-order valence-electron chi connectivity index (χ4n) is 2.60. The van der Waals surface area contributed by atoms with Crippen LogP contribution >= 0.6 is 0 Å². The average molecular weight is 376 g/mol. The molecule has 0 atom stereocenters. The Morgan fingerprint density at radius 1 is 1.12 bits per heavy atom. The van der Waals surface area contributed by atoms with Gasteiger partial charge in [-0.15, -0.1) is 0 Å². The highest BCUT2D eigenvalue weighted by molar-refractivity contribution is 7.89. The van der Waals surface area contributed by atoms with Crippen molar-refractivity contribution in [1.82, 2.24) is 9.46 Å². The summed E-state index contributed by atoms with van der Waals surface area (Å²) in [5.74, 6) is 1.73. The van der Waals surface area contributed by atoms with Crippen LogP contribution < -0.4 is 4.74 Å². The van der Waals surface area contributed by atoms with E-state index >= 15 is 0 Å². The standard InChI is InChI=1S/C18H20N2O5S/c1-13-18(14(2)25-19-13)12-20(11-16-5-4-10-24-16)26(21,22)17-8-6-15(23-3)7-9-17/h4-10H,11-12H2,1-3H3. The SMILES string of the molecule is COc1ccc(S(=O)(=O)N(Cc2ccco2)Cc2c(C)noc2C)cc1. The molecule has 0 aliphatic rings. The van der Waals surface area contributed by atoms with Gasteiger partial charge in [0.15, 0.2) is 0 Å². The van der Waals surface area contributed by atoms with Gasteiger partial charge in [0.1, 0.15) is 17.3 Å². The van der Waals surface area contributed by atoms with E-state index in [4.69, 9.17) is 13.7 Å². The fraction of sp³-hybridized carbons (Fsp3) is 0.278.